The van der Waals surface area contributed by atoms with Gasteiger partial charge in [0.15, 0.2) is 0 Å². The Kier molecular flexibility index (Phi) is 7.33. The van der Waals surface area contributed by atoms with Crippen LogP contribution in [0.5, 0.6) is 5.75 Å². The monoisotopic (exact) mass is 485 g/mol. The van der Waals surface area contributed by atoms with Crippen LogP contribution in [0.25, 0.3) is 11.0 Å². The number of para-hydroxylation sites is 1. The van der Waals surface area contributed by atoms with Crippen LogP contribution in [0, 0.1) is 0 Å². The predicted molar refractivity (Wildman–Crippen MR) is 140 cm³/mol. The summed E-state index contributed by atoms with van der Waals surface area (Å²) in [5.41, 5.74) is 2.23. The Balaban J connectivity index is 1.82. The summed E-state index contributed by atoms with van der Waals surface area (Å²) in [6, 6.07) is 23.0. The van der Waals surface area contributed by atoms with Gasteiger partial charge in [0.1, 0.15) is 23.9 Å². The van der Waals surface area contributed by atoms with Gasteiger partial charge in [-0.05, 0) is 50.1 Å². The minimum absolute atomic E-state index is 0.0918. The minimum Gasteiger partial charge on any atom is -0.497 e. The van der Waals surface area contributed by atoms with Crippen molar-refractivity contribution in [2.24, 2.45) is 0 Å². The summed E-state index contributed by atoms with van der Waals surface area (Å²) in [4.78, 5) is 29.4. The number of hydrogen-bond acceptors (Lipinski definition) is 5. The molecule has 1 aromatic heterocycles. The van der Waals surface area contributed by atoms with Crippen LogP contribution in [0.1, 0.15) is 38.8 Å². The van der Waals surface area contributed by atoms with Gasteiger partial charge in [-0.15, -0.1) is 5.10 Å². The number of amides is 2. The van der Waals surface area contributed by atoms with E-state index in [1.165, 1.54) is 4.90 Å². The van der Waals surface area contributed by atoms with Gasteiger partial charge in [-0.3, -0.25) is 14.5 Å². The van der Waals surface area contributed by atoms with E-state index in [2.05, 4.69) is 15.6 Å². The molecule has 0 spiro atoms. The second-order valence-corrected chi connectivity index (χ2v) is 9.24. The normalized spacial score (nSPS) is 12.2. The fraction of sp³-hybridized carbons (Fsp3) is 0.286. The van der Waals surface area contributed by atoms with Gasteiger partial charge in [0, 0.05) is 17.3 Å². The van der Waals surface area contributed by atoms with Crippen molar-refractivity contribution in [2.45, 2.75) is 45.3 Å². The number of carbonyl (C=O) groups excluding carboxylic acids is 2. The van der Waals surface area contributed by atoms with Crippen molar-refractivity contribution < 1.29 is 14.3 Å². The molecule has 4 aromatic rings. The summed E-state index contributed by atoms with van der Waals surface area (Å²) < 4.78 is 6.98. The van der Waals surface area contributed by atoms with Crippen LogP contribution in [0.2, 0.25) is 0 Å². The molecule has 36 heavy (non-hydrogen) atoms. The van der Waals surface area contributed by atoms with E-state index in [1.54, 1.807) is 36.1 Å². The predicted octanol–water partition coefficient (Wildman–Crippen LogP) is 4.52. The Labute approximate surface area is 210 Å². The van der Waals surface area contributed by atoms with Crippen molar-refractivity contribution in [1.29, 1.82) is 0 Å². The van der Waals surface area contributed by atoms with Crippen molar-refractivity contribution >= 4 is 28.5 Å². The number of rotatable bonds is 9. The minimum atomic E-state index is -0.911. The molecule has 2 amide bonds. The lowest BCUT2D eigenvalue weighted by molar-refractivity contribution is -0.128. The third-order valence-electron chi connectivity index (χ3n) is 6.27. The second kappa shape index (κ2) is 10.6. The van der Waals surface area contributed by atoms with Gasteiger partial charge in [-0.2, -0.15) is 0 Å². The number of aromatic nitrogens is 3. The molecule has 3 aromatic carbocycles. The molecule has 0 aliphatic heterocycles. The Morgan fingerprint density at radius 2 is 1.75 bits per heavy atom. The van der Waals surface area contributed by atoms with Crippen LogP contribution in [0.15, 0.2) is 78.9 Å². The van der Waals surface area contributed by atoms with Crippen molar-refractivity contribution in [2.75, 3.05) is 12.0 Å². The van der Waals surface area contributed by atoms with Crippen molar-refractivity contribution in [3.63, 3.8) is 0 Å². The molecular weight excluding hydrogens is 454 g/mol. The Hall–Kier alpha value is -4.20. The van der Waals surface area contributed by atoms with E-state index >= 15 is 0 Å². The third kappa shape index (κ3) is 5.38. The summed E-state index contributed by atoms with van der Waals surface area (Å²) in [7, 11) is 1.57. The summed E-state index contributed by atoms with van der Waals surface area (Å²) >= 11 is 0. The summed E-state index contributed by atoms with van der Waals surface area (Å²) in [5, 5.41) is 11.5. The number of carbonyl (C=O) groups is 2. The fourth-order valence-electron chi connectivity index (χ4n) is 3.98. The maximum atomic E-state index is 14.0. The third-order valence-corrected chi connectivity index (χ3v) is 6.27. The van der Waals surface area contributed by atoms with Crippen molar-refractivity contribution in [3.8, 4) is 5.75 Å². The molecule has 0 aliphatic rings. The van der Waals surface area contributed by atoms with E-state index in [-0.39, 0.29) is 18.4 Å². The molecule has 0 radical (unpaired) electrons. The van der Waals surface area contributed by atoms with Gasteiger partial charge in [0.05, 0.1) is 12.6 Å². The highest BCUT2D eigenvalue weighted by atomic mass is 16.5. The standard InChI is InChI=1S/C28H31N5O3/c1-5-28(2,3)29-27(35)26(20-12-7-6-8-13-20)33(21-14-11-15-22(18-21)36-4)25(34)19-32-24-17-10-9-16-23(24)30-31-32/h6-18,26H,5,19H2,1-4H3,(H,29,35). The highest BCUT2D eigenvalue weighted by Gasteiger charge is 2.35. The molecule has 1 atom stereocenters. The lowest BCUT2D eigenvalue weighted by Gasteiger charge is -2.34. The number of hydrogen-bond donors (Lipinski definition) is 1. The van der Waals surface area contributed by atoms with Crippen LogP contribution in [-0.4, -0.2) is 39.5 Å². The van der Waals surface area contributed by atoms with E-state index in [9.17, 15) is 9.59 Å². The molecule has 0 saturated carbocycles. The highest BCUT2D eigenvalue weighted by Crippen LogP contribution is 2.31. The van der Waals surface area contributed by atoms with Gasteiger partial charge < -0.3 is 10.1 Å². The molecule has 0 aliphatic carbocycles. The first-order valence-corrected chi connectivity index (χ1v) is 11.9. The molecule has 1 heterocycles. The number of fused-ring (bicyclic) bond motifs is 1. The lowest BCUT2D eigenvalue weighted by atomic mass is 9.98. The average molecular weight is 486 g/mol. The molecule has 186 valence electrons. The van der Waals surface area contributed by atoms with Gasteiger partial charge >= 0.3 is 0 Å². The molecule has 0 bridgehead atoms. The zero-order valence-electron chi connectivity index (χ0n) is 21.0. The Bertz CT molecular complexity index is 1350. The van der Waals surface area contributed by atoms with E-state index in [4.69, 9.17) is 4.74 Å². The molecule has 0 fully saturated rings. The van der Waals surface area contributed by atoms with Crippen LogP contribution < -0.4 is 15.0 Å². The molecule has 8 heteroatoms. The van der Waals surface area contributed by atoms with Gasteiger partial charge in [0.25, 0.3) is 0 Å². The van der Waals surface area contributed by atoms with Crippen molar-refractivity contribution in [1.82, 2.24) is 20.3 Å². The fourth-order valence-corrected chi connectivity index (χ4v) is 3.98. The van der Waals surface area contributed by atoms with Crippen LogP contribution in [0.4, 0.5) is 5.69 Å². The first kappa shape index (κ1) is 24.9. The van der Waals surface area contributed by atoms with E-state index in [1.807, 2.05) is 75.4 Å². The smallest absolute Gasteiger partial charge is 0.249 e. The van der Waals surface area contributed by atoms with Crippen LogP contribution >= 0.6 is 0 Å². The van der Waals surface area contributed by atoms with E-state index < -0.39 is 11.6 Å². The SMILES string of the molecule is CCC(C)(C)NC(=O)C(c1ccccc1)N(C(=O)Cn1nnc2ccccc21)c1cccc(OC)c1. The number of ether oxygens (including phenoxy) is 1. The van der Waals surface area contributed by atoms with Gasteiger partial charge in [-0.25, -0.2) is 4.68 Å². The quantitative estimate of drug-likeness (QED) is 0.377. The number of benzene rings is 3. The zero-order valence-corrected chi connectivity index (χ0v) is 21.0. The molecule has 8 nitrogen and oxygen atoms in total. The topological polar surface area (TPSA) is 89.4 Å². The lowest BCUT2D eigenvalue weighted by Crippen LogP contribution is -2.51. The summed E-state index contributed by atoms with van der Waals surface area (Å²) in [6.45, 7) is 5.85. The molecular formula is C28H31N5O3. The Morgan fingerprint density at radius 1 is 1.03 bits per heavy atom. The molecule has 1 N–H and O–H groups in total. The number of nitrogens with zero attached hydrogens (tertiary/aromatic N) is 4. The number of nitrogens with one attached hydrogen (secondary N) is 1. The number of anilines is 1. The van der Waals surface area contributed by atoms with E-state index in [0.29, 0.717) is 22.5 Å². The maximum absolute atomic E-state index is 14.0. The first-order valence-electron chi connectivity index (χ1n) is 11.9. The zero-order chi connectivity index (χ0) is 25.7. The van der Waals surface area contributed by atoms with Gasteiger partial charge in [0.2, 0.25) is 11.8 Å². The second-order valence-electron chi connectivity index (χ2n) is 9.24. The number of methoxy groups -OCH3 is 1. The average Bonchev–Trinajstić information content (AvgIpc) is 3.30. The maximum Gasteiger partial charge on any atom is 0.249 e. The largest absolute Gasteiger partial charge is 0.497 e. The summed E-state index contributed by atoms with van der Waals surface area (Å²) in [5.74, 6) is 0.00231. The van der Waals surface area contributed by atoms with Crippen LogP contribution in [0.3, 0.4) is 0 Å². The van der Waals surface area contributed by atoms with E-state index in [0.717, 1.165) is 11.9 Å². The molecule has 4 rings (SSSR count). The summed E-state index contributed by atoms with van der Waals surface area (Å²) in [6.07, 6.45) is 0.734. The van der Waals surface area contributed by atoms with Crippen molar-refractivity contribution in [3.05, 3.63) is 84.4 Å². The Morgan fingerprint density at radius 3 is 2.47 bits per heavy atom. The highest BCUT2D eigenvalue weighted by molar-refractivity contribution is 6.01. The molecule has 1 unspecified atom stereocenters. The molecule has 0 saturated heterocycles. The first-order chi connectivity index (χ1) is 17.3. The van der Waals surface area contributed by atoms with Crippen LogP contribution in [-0.2, 0) is 16.1 Å². The van der Waals surface area contributed by atoms with Gasteiger partial charge in [-0.1, -0.05) is 60.7 Å².